The number of carbonyl (C=O) groups is 1. The van der Waals surface area contributed by atoms with E-state index in [2.05, 4.69) is 6.58 Å². The molecule has 0 saturated heterocycles. The van der Waals surface area contributed by atoms with Crippen LogP contribution in [-0.4, -0.2) is 13.4 Å². The molecule has 0 aromatic heterocycles. The van der Waals surface area contributed by atoms with Gasteiger partial charge in [0.2, 0.25) is 0 Å². The minimum absolute atomic E-state index is 0.459. The van der Waals surface area contributed by atoms with Crippen LogP contribution >= 0.6 is 0 Å². The molecule has 2 aromatic rings. The van der Waals surface area contributed by atoms with Crippen molar-refractivity contribution in [2.75, 3.05) is 7.11 Å². The van der Waals surface area contributed by atoms with Crippen LogP contribution in [0.25, 0.3) is 6.08 Å². The minimum Gasteiger partial charge on any atom is -0.496 e. The molecule has 3 nitrogen and oxygen atoms in total. The molecular weight excluding hydrogens is 252 g/mol. The molecular formula is C17H16O3. The lowest BCUT2D eigenvalue weighted by Crippen LogP contribution is -1.99. The van der Waals surface area contributed by atoms with Crippen molar-refractivity contribution in [3.8, 4) is 11.5 Å². The van der Waals surface area contributed by atoms with Crippen LogP contribution < -0.4 is 9.47 Å². The fourth-order valence-corrected chi connectivity index (χ4v) is 1.91. The number of hydrogen-bond acceptors (Lipinski definition) is 3. The Morgan fingerprint density at radius 1 is 1.20 bits per heavy atom. The maximum atomic E-state index is 11.1. The van der Waals surface area contributed by atoms with Crippen LogP contribution in [0, 0.1) is 0 Å². The van der Waals surface area contributed by atoms with E-state index in [1.807, 2.05) is 30.3 Å². The van der Waals surface area contributed by atoms with E-state index >= 15 is 0 Å². The van der Waals surface area contributed by atoms with Crippen molar-refractivity contribution < 1.29 is 14.3 Å². The van der Waals surface area contributed by atoms with E-state index in [-0.39, 0.29) is 0 Å². The third kappa shape index (κ3) is 3.06. The maximum Gasteiger partial charge on any atom is 0.154 e. The molecule has 0 spiro atoms. The molecule has 0 heterocycles. The van der Waals surface area contributed by atoms with E-state index in [4.69, 9.17) is 9.47 Å². The van der Waals surface area contributed by atoms with E-state index < -0.39 is 0 Å². The maximum absolute atomic E-state index is 11.1. The summed E-state index contributed by atoms with van der Waals surface area (Å²) in [6, 6.07) is 13.4. The van der Waals surface area contributed by atoms with Gasteiger partial charge in [-0.15, -0.1) is 0 Å². The summed E-state index contributed by atoms with van der Waals surface area (Å²) in [6.45, 7) is 4.16. The van der Waals surface area contributed by atoms with Crippen molar-refractivity contribution in [1.29, 1.82) is 0 Å². The molecule has 0 unspecified atom stereocenters. The predicted molar refractivity (Wildman–Crippen MR) is 79.2 cm³/mol. The van der Waals surface area contributed by atoms with Crippen molar-refractivity contribution in [2.24, 2.45) is 0 Å². The van der Waals surface area contributed by atoms with Gasteiger partial charge in [0.25, 0.3) is 0 Å². The zero-order valence-electron chi connectivity index (χ0n) is 11.3. The Balaban J connectivity index is 2.24. The van der Waals surface area contributed by atoms with Crippen LogP contribution in [0.4, 0.5) is 0 Å². The highest BCUT2D eigenvalue weighted by molar-refractivity contribution is 5.86. The first-order valence-corrected chi connectivity index (χ1v) is 6.25. The average molecular weight is 268 g/mol. The molecule has 2 rings (SSSR count). The van der Waals surface area contributed by atoms with Crippen LogP contribution in [-0.2, 0) is 6.61 Å². The smallest absolute Gasteiger partial charge is 0.154 e. The van der Waals surface area contributed by atoms with Crippen LogP contribution in [0.5, 0.6) is 11.5 Å². The van der Waals surface area contributed by atoms with Gasteiger partial charge < -0.3 is 9.47 Å². The number of carbonyl (C=O) groups excluding carboxylic acids is 1. The molecule has 0 aliphatic heterocycles. The third-order valence-electron chi connectivity index (χ3n) is 2.95. The highest BCUT2D eigenvalue weighted by Gasteiger charge is 2.10. The topological polar surface area (TPSA) is 35.5 Å². The summed E-state index contributed by atoms with van der Waals surface area (Å²) in [6.07, 6.45) is 2.37. The number of hydrogen-bond donors (Lipinski definition) is 0. The van der Waals surface area contributed by atoms with Crippen molar-refractivity contribution in [2.45, 2.75) is 6.61 Å². The summed E-state index contributed by atoms with van der Waals surface area (Å²) in [5.41, 5.74) is 2.25. The van der Waals surface area contributed by atoms with Gasteiger partial charge in [-0.05, 0) is 17.2 Å². The first kappa shape index (κ1) is 13.9. The molecule has 0 saturated carbocycles. The summed E-state index contributed by atoms with van der Waals surface area (Å²) in [5.74, 6) is 1.13. The average Bonchev–Trinajstić information content (AvgIpc) is 2.52. The van der Waals surface area contributed by atoms with Crippen LogP contribution in [0.15, 0.2) is 49.0 Å². The van der Waals surface area contributed by atoms with Crippen LogP contribution in [0.2, 0.25) is 0 Å². The van der Waals surface area contributed by atoms with E-state index in [9.17, 15) is 4.79 Å². The van der Waals surface area contributed by atoms with E-state index in [1.165, 1.54) is 7.11 Å². The van der Waals surface area contributed by atoms with Crippen molar-refractivity contribution in [3.63, 3.8) is 0 Å². The first-order chi connectivity index (χ1) is 9.78. The summed E-state index contributed by atoms with van der Waals surface area (Å²) in [7, 11) is 1.52. The second-order valence-electron chi connectivity index (χ2n) is 4.22. The second-order valence-corrected chi connectivity index (χ2v) is 4.22. The lowest BCUT2D eigenvalue weighted by atomic mass is 10.1. The zero-order valence-corrected chi connectivity index (χ0v) is 11.3. The number of rotatable bonds is 6. The number of ether oxygens (including phenoxy) is 2. The van der Waals surface area contributed by atoms with Crippen molar-refractivity contribution >= 4 is 12.4 Å². The van der Waals surface area contributed by atoms with Gasteiger partial charge in [0.1, 0.15) is 18.1 Å². The lowest BCUT2D eigenvalue weighted by Gasteiger charge is -2.12. The molecule has 0 radical (unpaired) electrons. The lowest BCUT2D eigenvalue weighted by molar-refractivity contribution is 0.112. The van der Waals surface area contributed by atoms with Gasteiger partial charge in [0.15, 0.2) is 6.29 Å². The molecule has 0 bridgehead atoms. The van der Waals surface area contributed by atoms with Gasteiger partial charge in [0, 0.05) is 6.07 Å². The predicted octanol–water partition coefficient (Wildman–Crippen LogP) is 3.73. The number of benzene rings is 2. The second kappa shape index (κ2) is 6.57. The molecule has 0 amide bonds. The molecule has 0 N–H and O–H groups in total. The Hall–Kier alpha value is -2.55. The quantitative estimate of drug-likeness (QED) is 0.749. The Bertz CT molecular complexity index is 603. The molecule has 0 aliphatic carbocycles. The van der Waals surface area contributed by atoms with Gasteiger partial charge in [0.05, 0.1) is 12.7 Å². The summed E-state index contributed by atoms with van der Waals surface area (Å²) < 4.78 is 10.9. The Morgan fingerprint density at radius 3 is 2.55 bits per heavy atom. The number of methoxy groups -OCH3 is 1. The highest BCUT2D eigenvalue weighted by atomic mass is 16.5. The van der Waals surface area contributed by atoms with Crippen LogP contribution in [0.1, 0.15) is 21.5 Å². The van der Waals surface area contributed by atoms with Gasteiger partial charge in [-0.3, -0.25) is 4.79 Å². The zero-order chi connectivity index (χ0) is 14.4. The highest BCUT2D eigenvalue weighted by Crippen LogP contribution is 2.28. The molecule has 102 valence electrons. The summed E-state index contributed by atoms with van der Waals surface area (Å²) >= 11 is 0. The monoisotopic (exact) mass is 268 g/mol. The minimum atomic E-state index is 0.459. The fraction of sp³-hybridized carbons (Fsp3) is 0.118. The Morgan fingerprint density at radius 2 is 1.95 bits per heavy atom. The Kier molecular flexibility index (Phi) is 4.56. The SMILES string of the molecule is C=Cc1cc(OCc2ccccc2)cc(OC)c1C=O. The first-order valence-electron chi connectivity index (χ1n) is 6.25. The van der Waals surface area contributed by atoms with Crippen molar-refractivity contribution in [1.82, 2.24) is 0 Å². The Labute approximate surface area is 118 Å². The van der Waals surface area contributed by atoms with Gasteiger partial charge in [-0.2, -0.15) is 0 Å². The normalized spacial score (nSPS) is 9.85. The van der Waals surface area contributed by atoms with E-state index in [0.29, 0.717) is 29.2 Å². The fourth-order valence-electron chi connectivity index (χ4n) is 1.91. The number of aldehydes is 1. The van der Waals surface area contributed by atoms with E-state index in [1.54, 1.807) is 18.2 Å². The van der Waals surface area contributed by atoms with Crippen molar-refractivity contribution in [3.05, 3.63) is 65.7 Å². The largest absolute Gasteiger partial charge is 0.496 e. The molecule has 0 atom stereocenters. The summed E-state index contributed by atoms with van der Waals surface area (Å²) in [5, 5.41) is 0. The van der Waals surface area contributed by atoms with Gasteiger partial charge in [-0.25, -0.2) is 0 Å². The van der Waals surface area contributed by atoms with E-state index in [0.717, 1.165) is 11.8 Å². The third-order valence-corrected chi connectivity index (χ3v) is 2.95. The van der Waals surface area contributed by atoms with Gasteiger partial charge in [-0.1, -0.05) is 43.0 Å². The molecule has 2 aromatic carbocycles. The molecule has 20 heavy (non-hydrogen) atoms. The standard InChI is InChI=1S/C17H16O3/c1-3-14-9-15(10-17(19-2)16(14)11-18)20-12-13-7-5-4-6-8-13/h3-11H,1,12H2,2H3. The summed E-state index contributed by atoms with van der Waals surface area (Å²) in [4.78, 5) is 11.1. The molecule has 3 heteroatoms. The van der Waals surface area contributed by atoms with Crippen LogP contribution in [0.3, 0.4) is 0 Å². The molecule has 0 aliphatic rings. The molecule has 0 fully saturated rings. The van der Waals surface area contributed by atoms with Gasteiger partial charge >= 0.3 is 0 Å².